The van der Waals surface area contributed by atoms with Gasteiger partial charge in [0.05, 0.1) is 16.7 Å². The third-order valence-corrected chi connectivity index (χ3v) is 4.47. The Balaban J connectivity index is 1.64. The normalized spacial score (nSPS) is 20.6. The summed E-state index contributed by atoms with van der Waals surface area (Å²) in [5, 5.41) is 6.99. The van der Waals surface area contributed by atoms with Crippen LogP contribution in [0, 0.1) is 0 Å². The number of rotatable bonds is 4. The van der Waals surface area contributed by atoms with Gasteiger partial charge in [0.15, 0.2) is 0 Å². The Morgan fingerprint density at radius 1 is 1.50 bits per heavy atom. The molecule has 1 atom stereocenters. The first kappa shape index (κ1) is 11.9. The second kappa shape index (κ2) is 5.22. The van der Waals surface area contributed by atoms with Gasteiger partial charge in [-0.25, -0.2) is 0 Å². The Morgan fingerprint density at radius 3 is 3.17 bits per heavy atom. The molecule has 0 spiro atoms. The van der Waals surface area contributed by atoms with Crippen molar-refractivity contribution >= 4 is 11.3 Å². The average molecular weight is 263 g/mol. The van der Waals surface area contributed by atoms with Crippen LogP contribution in [0.4, 0.5) is 0 Å². The predicted octanol–water partition coefficient (Wildman–Crippen LogP) is 2.36. The zero-order valence-electron chi connectivity index (χ0n) is 10.4. The molecule has 18 heavy (non-hydrogen) atoms. The average Bonchev–Trinajstić information content (AvgIpc) is 3.10. The highest BCUT2D eigenvalue weighted by Gasteiger charge is 2.22. The standard InChI is InChI=1S/C13H17N3OS/c1-17-10-5-7-16(8-10)9-11-2-3-13(18-11)12-4-6-14-15-12/h2-4,6,10H,5,7-9H2,1H3,(H,14,15). The van der Waals surface area contributed by atoms with Crippen LogP contribution in [0.5, 0.6) is 0 Å². The molecule has 2 aromatic rings. The van der Waals surface area contributed by atoms with Gasteiger partial charge in [-0.3, -0.25) is 10.00 Å². The van der Waals surface area contributed by atoms with Crippen LogP contribution in [0.25, 0.3) is 10.6 Å². The highest BCUT2D eigenvalue weighted by atomic mass is 32.1. The zero-order chi connectivity index (χ0) is 12.4. The number of hydrogen-bond donors (Lipinski definition) is 1. The molecule has 1 aliphatic heterocycles. The van der Waals surface area contributed by atoms with Crippen LogP contribution in [-0.2, 0) is 11.3 Å². The van der Waals surface area contributed by atoms with Gasteiger partial charge in [-0.15, -0.1) is 11.3 Å². The molecule has 0 radical (unpaired) electrons. The van der Waals surface area contributed by atoms with Crippen molar-refractivity contribution in [1.29, 1.82) is 0 Å². The first-order chi connectivity index (χ1) is 8.85. The monoisotopic (exact) mass is 263 g/mol. The second-order valence-electron chi connectivity index (χ2n) is 4.62. The maximum absolute atomic E-state index is 5.39. The summed E-state index contributed by atoms with van der Waals surface area (Å²) in [5.41, 5.74) is 1.10. The molecular weight excluding hydrogens is 246 g/mol. The minimum absolute atomic E-state index is 0.414. The molecule has 1 N–H and O–H groups in total. The maximum Gasteiger partial charge on any atom is 0.0749 e. The third kappa shape index (κ3) is 2.48. The summed E-state index contributed by atoms with van der Waals surface area (Å²) in [5.74, 6) is 0. The Morgan fingerprint density at radius 2 is 2.44 bits per heavy atom. The Labute approximate surface area is 111 Å². The highest BCUT2D eigenvalue weighted by molar-refractivity contribution is 7.15. The van der Waals surface area contributed by atoms with Crippen LogP contribution in [0.1, 0.15) is 11.3 Å². The van der Waals surface area contributed by atoms with Gasteiger partial charge in [0.1, 0.15) is 0 Å². The molecule has 5 heteroatoms. The molecular formula is C13H17N3OS. The number of aromatic nitrogens is 2. The van der Waals surface area contributed by atoms with E-state index in [2.05, 4.69) is 27.2 Å². The Hall–Kier alpha value is -1.17. The minimum Gasteiger partial charge on any atom is -0.380 e. The van der Waals surface area contributed by atoms with Crippen molar-refractivity contribution in [1.82, 2.24) is 15.1 Å². The van der Waals surface area contributed by atoms with Gasteiger partial charge >= 0.3 is 0 Å². The molecule has 1 unspecified atom stereocenters. The molecule has 2 aromatic heterocycles. The predicted molar refractivity (Wildman–Crippen MR) is 72.6 cm³/mol. The van der Waals surface area contributed by atoms with Gasteiger partial charge < -0.3 is 4.74 Å². The molecule has 1 aliphatic rings. The van der Waals surface area contributed by atoms with Crippen LogP contribution in [0.2, 0.25) is 0 Å². The van der Waals surface area contributed by atoms with Crippen molar-refractivity contribution in [3.8, 4) is 10.6 Å². The highest BCUT2D eigenvalue weighted by Crippen LogP contribution is 2.28. The lowest BCUT2D eigenvalue weighted by atomic mass is 10.3. The van der Waals surface area contributed by atoms with E-state index >= 15 is 0 Å². The van der Waals surface area contributed by atoms with Gasteiger partial charge in [-0.05, 0) is 24.6 Å². The smallest absolute Gasteiger partial charge is 0.0749 e. The van der Waals surface area contributed by atoms with Crippen molar-refractivity contribution in [2.45, 2.75) is 19.1 Å². The van der Waals surface area contributed by atoms with Crippen LogP contribution in [-0.4, -0.2) is 41.4 Å². The number of nitrogens with zero attached hydrogens (tertiary/aromatic N) is 2. The first-order valence-electron chi connectivity index (χ1n) is 6.19. The Bertz CT molecular complexity index is 494. The maximum atomic E-state index is 5.39. The van der Waals surface area contributed by atoms with E-state index in [1.165, 1.54) is 9.75 Å². The minimum atomic E-state index is 0.414. The van der Waals surface area contributed by atoms with E-state index in [0.29, 0.717) is 6.10 Å². The molecule has 3 heterocycles. The summed E-state index contributed by atoms with van der Waals surface area (Å²) in [6, 6.07) is 6.38. The zero-order valence-corrected chi connectivity index (χ0v) is 11.2. The summed E-state index contributed by atoms with van der Waals surface area (Å²) >= 11 is 1.83. The Kier molecular flexibility index (Phi) is 3.45. The van der Waals surface area contributed by atoms with Crippen LogP contribution in [0.15, 0.2) is 24.4 Å². The van der Waals surface area contributed by atoms with Crippen LogP contribution >= 0.6 is 11.3 Å². The SMILES string of the molecule is COC1CCN(Cc2ccc(-c3ccn[nH]3)s2)C1. The number of hydrogen-bond acceptors (Lipinski definition) is 4. The van der Waals surface area contributed by atoms with E-state index in [0.717, 1.165) is 31.7 Å². The van der Waals surface area contributed by atoms with Crippen molar-refractivity contribution in [3.05, 3.63) is 29.3 Å². The summed E-state index contributed by atoms with van der Waals surface area (Å²) < 4.78 is 5.39. The van der Waals surface area contributed by atoms with Crippen molar-refractivity contribution in [2.24, 2.45) is 0 Å². The largest absolute Gasteiger partial charge is 0.380 e. The van der Waals surface area contributed by atoms with Gasteiger partial charge in [0.2, 0.25) is 0 Å². The first-order valence-corrected chi connectivity index (χ1v) is 7.00. The van der Waals surface area contributed by atoms with Gasteiger partial charge in [0.25, 0.3) is 0 Å². The van der Waals surface area contributed by atoms with Gasteiger partial charge in [-0.2, -0.15) is 5.10 Å². The third-order valence-electron chi connectivity index (χ3n) is 3.37. The van der Waals surface area contributed by atoms with Crippen molar-refractivity contribution < 1.29 is 4.74 Å². The molecule has 1 saturated heterocycles. The van der Waals surface area contributed by atoms with Crippen LogP contribution in [0.3, 0.4) is 0 Å². The molecule has 3 rings (SSSR count). The number of thiophene rings is 1. The molecule has 1 fully saturated rings. The van der Waals surface area contributed by atoms with Gasteiger partial charge in [0, 0.05) is 37.8 Å². The van der Waals surface area contributed by atoms with E-state index in [-0.39, 0.29) is 0 Å². The van der Waals surface area contributed by atoms with E-state index in [1.807, 2.05) is 17.4 Å². The number of H-pyrrole nitrogens is 1. The molecule has 0 bridgehead atoms. The fraction of sp³-hybridized carbons (Fsp3) is 0.462. The summed E-state index contributed by atoms with van der Waals surface area (Å²) in [4.78, 5) is 5.11. The van der Waals surface area contributed by atoms with E-state index in [9.17, 15) is 0 Å². The lowest BCUT2D eigenvalue weighted by Gasteiger charge is -2.13. The van der Waals surface area contributed by atoms with Crippen molar-refractivity contribution in [2.75, 3.05) is 20.2 Å². The fourth-order valence-electron chi connectivity index (χ4n) is 2.35. The molecule has 4 nitrogen and oxygen atoms in total. The topological polar surface area (TPSA) is 41.1 Å². The number of methoxy groups -OCH3 is 1. The number of ether oxygens (including phenoxy) is 1. The second-order valence-corrected chi connectivity index (χ2v) is 5.79. The molecule has 0 saturated carbocycles. The van der Waals surface area contributed by atoms with Gasteiger partial charge in [-0.1, -0.05) is 0 Å². The molecule has 0 aromatic carbocycles. The van der Waals surface area contributed by atoms with E-state index < -0.39 is 0 Å². The quantitative estimate of drug-likeness (QED) is 0.920. The number of aromatic amines is 1. The summed E-state index contributed by atoms with van der Waals surface area (Å²) in [7, 11) is 1.80. The van der Waals surface area contributed by atoms with E-state index in [4.69, 9.17) is 4.74 Å². The fourth-order valence-corrected chi connectivity index (χ4v) is 3.38. The molecule has 0 aliphatic carbocycles. The number of nitrogens with one attached hydrogen (secondary N) is 1. The van der Waals surface area contributed by atoms with Crippen LogP contribution < -0.4 is 0 Å². The lowest BCUT2D eigenvalue weighted by molar-refractivity contribution is 0.107. The summed E-state index contributed by atoms with van der Waals surface area (Å²) in [6.07, 6.45) is 3.35. The lowest BCUT2D eigenvalue weighted by Crippen LogP contribution is -2.21. The summed E-state index contributed by atoms with van der Waals surface area (Å²) in [6.45, 7) is 3.21. The van der Waals surface area contributed by atoms with Crippen molar-refractivity contribution in [3.63, 3.8) is 0 Å². The number of likely N-dealkylation sites (tertiary alicyclic amines) is 1. The molecule has 96 valence electrons. The van der Waals surface area contributed by atoms with E-state index in [1.54, 1.807) is 13.3 Å². The molecule has 0 amide bonds.